The molecule has 2 rings (SSSR count). The minimum absolute atomic E-state index is 0.102. The SMILES string of the molecule is CCSc1ccc(C2=NOC(CC(C)(C(=O)NO)S(C)(=O)=O)C2)cc1. The van der Waals surface area contributed by atoms with Crippen molar-refractivity contribution in [3.63, 3.8) is 0 Å². The highest BCUT2D eigenvalue weighted by Crippen LogP contribution is 2.29. The Labute approximate surface area is 151 Å². The van der Waals surface area contributed by atoms with Gasteiger partial charge in [0.25, 0.3) is 5.91 Å². The van der Waals surface area contributed by atoms with E-state index in [0.29, 0.717) is 12.1 Å². The molecule has 1 aromatic rings. The lowest BCUT2D eigenvalue weighted by Crippen LogP contribution is -2.51. The molecule has 0 fully saturated rings. The van der Waals surface area contributed by atoms with Crippen LogP contribution < -0.4 is 5.48 Å². The second-order valence-electron chi connectivity index (χ2n) is 6.07. The van der Waals surface area contributed by atoms with E-state index >= 15 is 0 Å². The fourth-order valence-corrected chi connectivity index (χ4v) is 4.12. The van der Waals surface area contributed by atoms with E-state index < -0.39 is 26.6 Å². The number of thioether (sulfide) groups is 1. The molecule has 0 aromatic heterocycles. The van der Waals surface area contributed by atoms with Crippen molar-refractivity contribution in [1.29, 1.82) is 0 Å². The van der Waals surface area contributed by atoms with Crippen molar-refractivity contribution >= 4 is 33.2 Å². The summed E-state index contributed by atoms with van der Waals surface area (Å²) in [6.45, 7) is 3.35. The highest BCUT2D eigenvalue weighted by atomic mass is 32.2. The zero-order valence-electron chi connectivity index (χ0n) is 14.4. The van der Waals surface area contributed by atoms with Crippen LogP contribution in [0.3, 0.4) is 0 Å². The molecular formula is C16H22N2O5S2. The molecule has 1 amide bonds. The van der Waals surface area contributed by atoms with Crippen molar-refractivity contribution in [2.45, 2.75) is 42.4 Å². The standard InChI is InChI=1S/C16H22N2O5S2/c1-4-24-13-7-5-11(6-8-13)14-9-12(23-18-14)10-16(2,15(19)17-20)25(3,21)22/h5-8,12,20H,4,9-10H2,1-3H3,(H,17,19). The van der Waals surface area contributed by atoms with Gasteiger partial charge in [0.1, 0.15) is 6.10 Å². The van der Waals surface area contributed by atoms with Gasteiger partial charge in [0.15, 0.2) is 14.6 Å². The summed E-state index contributed by atoms with van der Waals surface area (Å²) in [5.41, 5.74) is 3.04. The quantitative estimate of drug-likeness (QED) is 0.422. The maximum atomic E-state index is 12.0. The van der Waals surface area contributed by atoms with Gasteiger partial charge in [-0.1, -0.05) is 24.2 Å². The van der Waals surface area contributed by atoms with Crippen LogP contribution in [0.2, 0.25) is 0 Å². The monoisotopic (exact) mass is 386 g/mol. The zero-order chi connectivity index (χ0) is 18.7. The normalized spacial score (nSPS) is 19.7. The number of oxime groups is 1. The number of hydrogen-bond donors (Lipinski definition) is 2. The number of benzene rings is 1. The van der Waals surface area contributed by atoms with Crippen LogP contribution in [-0.4, -0.2) is 48.1 Å². The van der Waals surface area contributed by atoms with E-state index in [4.69, 9.17) is 10.0 Å². The number of hydrogen-bond acceptors (Lipinski definition) is 7. The maximum Gasteiger partial charge on any atom is 0.264 e. The third-order valence-corrected chi connectivity index (χ3v) is 7.13. The molecule has 1 heterocycles. The van der Waals surface area contributed by atoms with Crippen LogP contribution in [-0.2, 0) is 19.5 Å². The molecule has 25 heavy (non-hydrogen) atoms. The lowest BCUT2D eigenvalue weighted by Gasteiger charge is -2.26. The van der Waals surface area contributed by atoms with Crippen molar-refractivity contribution in [3.05, 3.63) is 29.8 Å². The Kier molecular flexibility index (Phi) is 6.12. The smallest absolute Gasteiger partial charge is 0.264 e. The van der Waals surface area contributed by atoms with Crippen LogP contribution in [0.4, 0.5) is 0 Å². The Morgan fingerprint density at radius 3 is 2.60 bits per heavy atom. The molecule has 2 N–H and O–H groups in total. The summed E-state index contributed by atoms with van der Waals surface area (Å²) in [6, 6.07) is 7.88. The van der Waals surface area contributed by atoms with Crippen molar-refractivity contribution in [2.24, 2.45) is 5.16 Å². The number of carbonyl (C=O) groups is 1. The first kappa shape index (κ1) is 19.7. The number of nitrogens with zero attached hydrogens (tertiary/aromatic N) is 1. The summed E-state index contributed by atoms with van der Waals surface area (Å²) in [7, 11) is -3.76. The van der Waals surface area contributed by atoms with Gasteiger partial charge in [-0.05, 0) is 30.4 Å². The summed E-state index contributed by atoms with van der Waals surface area (Å²) < 4.78 is 22.3. The minimum atomic E-state index is -3.76. The molecular weight excluding hydrogens is 364 g/mol. The Morgan fingerprint density at radius 1 is 1.44 bits per heavy atom. The zero-order valence-corrected chi connectivity index (χ0v) is 16.0. The Hall–Kier alpha value is -1.58. The first-order valence-electron chi connectivity index (χ1n) is 7.81. The van der Waals surface area contributed by atoms with Crippen LogP contribution in [0.15, 0.2) is 34.3 Å². The van der Waals surface area contributed by atoms with Crippen LogP contribution >= 0.6 is 11.8 Å². The van der Waals surface area contributed by atoms with Gasteiger partial charge in [0.05, 0.1) is 5.71 Å². The molecule has 2 unspecified atom stereocenters. The Balaban J connectivity index is 2.09. The molecule has 1 aliphatic rings. The van der Waals surface area contributed by atoms with Gasteiger partial charge >= 0.3 is 0 Å². The highest BCUT2D eigenvalue weighted by Gasteiger charge is 2.47. The van der Waals surface area contributed by atoms with Crippen LogP contribution in [0.25, 0.3) is 0 Å². The van der Waals surface area contributed by atoms with Gasteiger partial charge in [-0.3, -0.25) is 10.0 Å². The first-order valence-corrected chi connectivity index (χ1v) is 10.7. The van der Waals surface area contributed by atoms with E-state index in [1.165, 1.54) is 12.4 Å². The van der Waals surface area contributed by atoms with E-state index in [1.54, 1.807) is 11.8 Å². The Morgan fingerprint density at radius 2 is 2.08 bits per heavy atom. The van der Waals surface area contributed by atoms with Crippen LogP contribution in [0.1, 0.15) is 32.3 Å². The molecule has 1 aromatic carbocycles. The Bertz CT molecular complexity index is 761. The largest absolute Gasteiger partial charge is 0.392 e. The third-order valence-electron chi connectivity index (χ3n) is 4.25. The second-order valence-corrected chi connectivity index (χ2v) is 9.86. The molecule has 0 saturated carbocycles. The second kappa shape index (κ2) is 7.76. The van der Waals surface area contributed by atoms with Gasteiger partial charge in [0.2, 0.25) is 0 Å². The van der Waals surface area contributed by atoms with Gasteiger partial charge in [-0.15, -0.1) is 11.8 Å². The molecule has 0 saturated heterocycles. The molecule has 9 heteroatoms. The third kappa shape index (κ3) is 4.34. The van der Waals surface area contributed by atoms with E-state index in [9.17, 15) is 13.2 Å². The number of hydroxylamine groups is 1. The van der Waals surface area contributed by atoms with E-state index in [-0.39, 0.29) is 6.42 Å². The number of amides is 1. The van der Waals surface area contributed by atoms with Gasteiger partial charge in [0, 0.05) is 24.0 Å². The molecule has 0 aliphatic carbocycles. The van der Waals surface area contributed by atoms with E-state index in [2.05, 4.69) is 12.1 Å². The predicted octanol–water partition coefficient (Wildman–Crippen LogP) is 1.99. The summed E-state index contributed by atoms with van der Waals surface area (Å²) in [5, 5.41) is 12.9. The van der Waals surface area contributed by atoms with E-state index in [1.807, 2.05) is 24.3 Å². The summed E-state index contributed by atoms with van der Waals surface area (Å²) in [6.07, 6.45) is 0.694. The van der Waals surface area contributed by atoms with Gasteiger partial charge < -0.3 is 4.84 Å². The van der Waals surface area contributed by atoms with Gasteiger partial charge in [-0.2, -0.15) is 0 Å². The topological polar surface area (TPSA) is 105 Å². The molecule has 138 valence electrons. The average Bonchev–Trinajstić information content (AvgIpc) is 3.02. The number of carbonyl (C=O) groups excluding carboxylic acids is 1. The molecule has 0 radical (unpaired) electrons. The summed E-state index contributed by atoms with van der Waals surface area (Å²) >= 11 is 1.74. The summed E-state index contributed by atoms with van der Waals surface area (Å²) in [5.74, 6) is 0.00986. The van der Waals surface area contributed by atoms with Crippen molar-refractivity contribution < 1.29 is 23.3 Å². The minimum Gasteiger partial charge on any atom is -0.392 e. The number of nitrogens with one attached hydrogen (secondary N) is 1. The van der Waals surface area contributed by atoms with Crippen LogP contribution in [0.5, 0.6) is 0 Å². The summed E-state index contributed by atoms with van der Waals surface area (Å²) in [4.78, 5) is 18.4. The average molecular weight is 386 g/mol. The predicted molar refractivity (Wildman–Crippen MR) is 96.7 cm³/mol. The van der Waals surface area contributed by atoms with Crippen molar-refractivity contribution in [3.8, 4) is 0 Å². The van der Waals surface area contributed by atoms with Gasteiger partial charge in [-0.25, -0.2) is 13.9 Å². The lowest BCUT2D eigenvalue weighted by atomic mass is 9.96. The fraction of sp³-hybridized carbons (Fsp3) is 0.500. The lowest BCUT2D eigenvalue weighted by molar-refractivity contribution is -0.132. The van der Waals surface area contributed by atoms with Crippen LogP contribution in [0, 0.1) is 0 Å². The maximum absolute atomic E-state index is 12.0. The van der Waals surface area contributed by atoms with Crippen molar-refractivity contribution in [1.82, 2.24) is 5.48 Å². The number of sulfone groups is 1. The molecule has 7 nitrogen and oxygen atoms in total. The fourth-order valence-electron chi connectivity index (χ4n) is 2.58. The molecule has 2 atom stereocenters. The van der Waals surface area contributed by atoms with E-state index in [0.717, 1.165) is 22.5 Å². The molecule has 0 spiro atoms. The molecule has 0 bridgehead atoms. The molecule has 1 aliphatic heterocycles. The van der Waals surface area contributed by atoms with Crippen molar-refractivity contribution in [2.75, 3.05) is 12.0 Å². The number of rotatable bonds is 7. The highest BCUT2D eigenvalue weighted by molar-refractivity contribution is 7.99. The first-order chi connectivity index (χ1) is 11.7.